The first-order valence-electron chi connectivity index (χ1n) is 9.46. The maximum absolute atomic E-state index is 4.66. The van der Waals surface area contributed by atoms with Crippen LogP contribution in [0, 0.1) is 5.92 Å². The van der Waals surface area contributed by atoms with E-state index in [1.54, 1.807) is 0 Å². The minimum Gasteiger partial charge on any atom is -0.288 e. The maximum Gasteiger partial charge on any atom is 0.0639 e. The van der Waals surface area contributed by atoms with Crippen LogP contribution in [0.15, 0.2) is 40.9 Å². The van der Waals surface area contributed by atoms with Gasteiger partial charge in [-0.15, -0.1) is 0 Å². The molecule has 23 heavy (non-hydrogen) atoms. The van der Waals surface area contributed by atoms with Crippen LogP contribution in [0.2, 0.25) is 0 Å². The molecular formula is C22H35N. The number of rotatable bonds is 11. The van der Waals surface area contributed by atoms with Gasteiger partial charge < -0.3 is 0 Å². The van der Waals surface area contributed by atoms with Crippen LogP contribution in [0.5, 0.6) is 0 Å². The highest BCUT2D eigenvalue weighted by atomic mass is 14.7. The molecule has 0 radical (unpaired) electrons. The van der Waals surface area contributed by atoms with Crippen molar-refractivity contribution in [3.63, 3.8) is 0 Å². The van der Waals surface area contributed by atoms with Crippen molar-refractivity contribution in [2.45, 2.75) is 79.2 Å². The predicted molar refractivity (Wildman–Crippen MR) is 104 cm³/mol. The highest BCUT2D eigenvalue weighted by molar-refractivity contribution is 5.78. The van der Waals surface area contributed by atoms with E-state index >= 15 is 0 Å². The number of allylic oxidation sites excluding steroid dienone is 2. The van der Waals surface area contributed by atoms with Gasteiger partial charge in [-0.05, 0) is 48.8 Å². The molecule has 0 saturated carbocycles. The standard InChI is InChI=1S/C22H35N/c1-5-10-21(11-6-2)15-14-20(8-4)17-23-18-22-13-9-12-19(7-3)16-22/h8-9,12-13,16-17,21H,5-7,10-11,14-15,18H2,1-4H3/b20-8-,23-17?. The quantitative estimate of drug-likeness (QED) is 0.400. The van der Waals surface area contributed by atoms with E-state index in [1.165, 1.54) is 55.2 Å². The molecule has 1 nitrogen and oxygen atoms in total. The summed E-state index contributed by atoms with van der Waals surface area (Å²) < 4.78 is 0. The molecule has 0 bridgehead atoms. The van der Waals surface area contributed by atoms with Crippen molar-refractivity contribution in [3.8, 4) is 0 Å². The predicted octanol–water partition coefficient (Wildman–Crippen LogP) is 6.76. The van der Waals surface area contributed by atoms with Crippen LogP contribution in [0.4, 0.5) is 0 Å². The zero-order valence-electron chi connectivity index (χ0n) is 15.6. The molecule has 0 N–H and O–H groups in total. The minimum absolute atomic E-state index is 0.790. The van der Waals surface area contributed by atoms with Gasteiger partial charge in [-0.1, -0.05) is 76.8 Å². The lowest BCUT2D eigenvalue weighted by Gasteiger charge is -2.15. The fraction of sp³-hybridized carbons (Fsp3) is 0.591. The van der Waals surface area contributed by atoms with Crippen molar-refractivity contribution in [1.29, 1.82) is 0 Å². The van der Waals surface area contributed by atoms with E-state index < -0.39 is 0 Å². The van der Waals surface area contributed by atoms with Gasteiger partial charge in [0, 0.05) is 6.21 Å². The van der Waals surface area contributed by atoms with Gasteiger partial charge in [0.25, 0.3) is 0 Å². The Balaban J connectivity index is 2.48. The van der Waals surface area contributed by atoms with Crippen LogP contribution in [0.1, 0.15) is 77.3 Å². The van der Waals surface area contributed by atoms with Crippen LogP contribution in [-0.4, -0.2) is 6.21 Å². The SMILES string of the molecule is C/C=C(\C=NCc1cccc(CC)c1)CCC(CCC)CCC. The summed E-state index contributed by atoms with van der Waals surface area (Å²) in [5.41, 5.74) is 4.09. The average Bonchev–Trinajstić information content (AvgIpc) is 2.58. The second-order valence-corrected chi connectivity index (χ2v) is 6.49. The largest absolute Gasteiger partial charge is 0.288 e. The molecule has 1 aromatic carbocycles. The molecular weight excluding hydrogens is 278 g/mol. The lowest BCUT2D eigenvalue weighted by atomic mass is 9.91. The first kappa shape index (κ1) is 19.7. The molecule has 0 aromatic heterocycles. The molecule has 0 spiro atoms. The van der Waals surface area contributed by atoms with Crippen LogP contribution in [-0.2, 0) is 13.0 Å². The van der Waals surface area contributed by atoms with Crippen molar-refractivity contribution in [2.75, 3.05) is 0 Å². The monoisotopic (exact) mass is 313 g/mol. The van der Waals surface area contributed by atoms with E-state index in [2.05, 4.69) is 69.2 Å². The molecule has 0 aliphatic carbocycles. The van der Waals surface area contributed by atoms with Crippen molar-refractivity contribution in [2.24, 2.45) is 10.9 Å². The van der Waals surface area contributed by atoms with Crippen LogP contribution < -0.4 is 0 Å². The Labute approximate surface area is 143 Å². The third kappa shape index (κ3) is 8.16. The van der Waals surface area contributed by atoms with E-state index in [1.807, 2.05) is 0 Å². The summed E-state index contributed by atoms with van der Waals surface area (Å²) in [6, 6.07) is 8.77. The van der Waals surface area contributed by atoms with E-state index in [-0.39, 0.29) is 0 Å². The summed E-state index contributed by atoms with van der Waals surface area (Å²) in [6.07, 6.45) is 13.2. The first-order valence-corrected chi connectivity index (χ1v) is 9.46. The summed E-state index contributed by atoms with van der Waals surface area (Å²) in [5, 5.41) is 0. The topological polar surface area (TPSA) is 12.4 Å². The summed E-state index contributed by atoms with van der Waals surface area (Å²) >= 11 is 0. The van der Waals surface area contributed by atoms with E-state index in [4.69, 9.17) is 0 Å². The van der Waals surface area contributed by atoms with Crippen molar-refractivity contribution >= 4 is 6.21 Å². The van der Waals surface area contributed by atoms with Gasteiger partial charge >= 0.3 is 0 Å². The van der Waals surface area contributed by atoms with Crippen LogP contribution in [0.3, 0.4) is 0 Å². The zero-order valence-corrected chi connectivity index (χ0v) is 15.6. The molecule has 1 aromatic rings. The number of benzene rings is 1. The third-order valence-corrected chi connectivity index (χ3v) is 4.54. The first-order chi connectivity index (χ1) is 11.2. The van der Waals surface area contributed by atoms with Gasteiger partial charge in [-0.3, -0.25) is 4.99 Å². The third-order valence-electron chi connectivity index (χ3n) is 4.54. The summed E-state index contributed by atoms with van der Waals surface area (Å²) in [6.45, 7) is 9.71. The Morgan fingerprint density at radius 1 is 1.04 bits per heavy atom. The van der Waals surface area contributed by atoms with Gasteiger partial charge in [0.1, 0.15) is 0 Å². The van der Waals surface area contributed by atoms with E-state index in [0.29, 0.717) is 0 Å². The molecule has 0 atom stereocenters. The van der Waals surface area contributed by atoms with Crippen LogP contribution in [0.25, 0.3) is 0 Å². The number of hydrogen-bond donors (Lipinski definition) is 0. The highest BCUT2D eigenvalue weighted by Gasteiger charge is 2.07. The molecule has 1 rings (SSSR count). The molecule has 1 heteroatoms. The fourth-order valence-electron chi connectivity index (χ4n) is 3.12. The normalized spacial score (nSPS) is 12.5. The summed E-state index contributed by atoms with van der Waals surface area (Å²) in [5.74, 6) is 0.884. The van der Waals surface area contributed by atoms with Gasteiger partial charge in [-0.2, -0.15) is 0 Å². The lowest BCUT2D eigenvalue weighted by molar-refractivity contribution is 0.413. The Kier molecular flexibility index (Phi) is 10.4. The van der Waals surface area contributed by atoms with Gasteiger partial charge in [-0.25, -0.2) is 0 Å². The Morgan fingerprint density at radius 2 is 1.74 bits per heavy atom. The van der Waals surface area contributed by atoms with E-state index in [9.17, 15) is 0 Å². The highest BCUT2D eigenvalue weighted by Crippen LogP contribution is 2.21. The van der Waals surface area contributed by atoms with Gasteiger partial charge in [0.15, 0.2) is 0 Å². The second-order valence-electron chi connectivity index (χ2n) is 6.49. The summed E-state index contributed by atoms with van der Waals surface area (Å²) in [7, 11) is 0. The second kappa shape index (κ2) is 12.1. The molecule has 0 fully saturated rings. The lowest BCUT2D eigenvalue weighted by Crippen LogP contribution is -2.01. The summed E-state index contributed by atoms with van der Waals surface area (Å²) in [4.78, 5) is 4.66. The molecule has 0 aliphatic rings. The van der Waals surface area contributed by atoms with Crippen molar-refractivity contribution in [3.05, 3.63) is 47.0 Å². The van der Waals surface area contributed by atoms with Crippen molar-refractivity contribution in [1.82, 2.24) is 0 Å². The molecule has 0 amide bonds. The molecule has 0 unspecified atom stereocenters. The number of aliphatic imine (C=N–C) groups is 1. The number of hydrogen-bond acceptors (Lipinski definition) is 1. The molecule has 0 heterocycles. The van der Waals surface area contributed by atoms with Crippen molar-refractivity contribution < 1.29 is 0 Å². The Morgan fingerprint density at radius 3 is 2.35 bits per heavy atom. The number of aryl methyl sites for hydroxylation is 1. The molecule has 0 aliphatic heterocycles. The maximum atomic E-state index is 4.66. The fourth-order valence-corrected chi connectivity index (χ4v) is 3.12. The van der Waals surface area contributed by atoms with Gasteiger partial charge in [0.2, 0.25) is 0 Å². The minimum atomic E-state index is 0.790. The number of nitrogens with zero attached hydrogens (tertiary/aromatic N) is 1. The molecule has 128 valence electrons. The Bertz CT molecular complexity index is 479. The Hall–Kier alpha value is -1.37. The van der Waals surface area contributed by atoms with Gasteiger partial charge in [0.05, 0.1) is 6.54 Å². The zero-order chi connectivity index (χ0) is 16.9. The average molecular weight is 314 g/mol. The smallest absolute Gasteiger partial charge is 0.0639 e. The molecule has 0 saturated heterocycles. The van der Waals surface area contributed by atoms with E-state index in [0.717, 1.165) is 18.9 Å². The van der Waals surface area contributed by atoms with Crippen LogP contribution >= 0.6 is 0 Å².